The molecule has 1 N–H and O–H groups in total. The van der Waals surface area contributed by atoms with Gasteiger partial charge in [-0.1, -0.05) is 37.3 Å². The van der Waals surface area contributed by atoms with Gasteiger partial charge in [-0.25, -0.2) is 8.42 Å². The molecular formula is C15H23NO2S. The molecule has 19 heavy (non-hydrogen) atoms. The molecule has 0 amide bonds. The third kappa shape index (κ3) is 4.32. The Morgan fingerprint density at radius 3 is 2.68 bits per heavy atom. The summed E-state index contributed by atoms with van der Waals surface area (Å²) in [6, 6.07) is 10.4. The van der Waals surface area contributed by atoms with Gasteiger partial charge in [-0.3, -0.25) is 0 Å². The molecule has 1 fully saturated rings. The number of hydrogen-bond acceptors (Lipinski definition) is 3. The maximum atomic E-state index is 11.7. The van der Waals surface area contributed by atoms with Crippen molar-refractivity contribution in [1.29, 1.82) is 0 Å². The highest BCUT2D eigenvalue weighted by Crippen LogP contribution is 2.19. The summed E-state index contributed by atoms with van der Waals surface area (Å²) in [7, 11) is -2.81. The van der Waals surface area contributed by atoms with Crippen LogP contribution in [0.5, 0.6) is 0 Å². The van der Waals surface area contributed by atoms with Crippen LogP contribution in [0.2, 0.25) is 0 Å². The Kier molecular flexibility index (Phi) is 4.99. The van der Waals surface area contributed by atoms with Crippen LogP contribution in [0.25, 0.3) is 0 Å². The van der Waals surface area contributed by atoms with Crippen LogP contribution < -0.4 is 5.32 Å². The SMILES string of the molecule is CC(CNCC1CCCS1(=O)=O)Cc1ccccc1. The molecule has 1 aliphatic rings. The van der Waals surface area contributed by atoms with E-state index in [1.807, 2.05) is 6.07 Å². The van der Waals surface area contributed by atoms with Gasteiger partial charge in [0.05, 0.1) is 11.0 Å². The van der Waals surface area contributed by atoms with Crippen molar-refractivity contribution in [1.82, 2.24) is 5.32 Å². The van der Waals surface area contributed by atoms with Crippen molar-refractivity contribution in [3.63, 3.8) is 0 Å². The van der Waals surface area contributed by atoms with Gasteiger partial charge in [0.15, 0.2) is 9.84 Å². The lowest BCUT2D eigenvalue weighted by Gasteiger charge is -2.15. The average molecular weight is 281 g/mol. The van der Waals surface area contributed by atoms with Crippen molar-refractivity contribution >= 4 is 9.84 Å². The zero-order valence-electron chi connectivity index (χ0n) is 11.5. The second kappa shape index (κ2) is 6.53. The van der Waals surface area contributed by atoms with Crippen LogP contribution in [0.3, 0.4) is 0 Å². The van der Waals surface area contributed by atoms with Gasteiger partial charge < -0.3 is 5.32 Å². The molecule has 1 saturated heterocycles. The summed E-state index contributed by atoms with van der Waals surface area (Å²) in [5.41, 5.74) is 1.34. The van der Waals surface area contributed by atoms with Crippen LogP contribution in [0, 0.1) is 5.92 Å². The molecule has 0 aliphatic carbocycles. The molecular weight excluding hydrogens is 258 g/mol. The summed E-state index contributed by atoms with van der Waals surface area (Å²) in [5, 5.41) is 3.17. The van der Waals surface area contributed by atoms with E-state index in [2.05, 4.69) is 36.5 Å². The normalized spacial score (nSPS) is 23.3. The van der Waals surface area contributed by atoms with E-state index in [1.165, 1.54) is 5.56 Å². The monoisotopic (exact) mass is 281 g/mol. The maximum absolute atomic E-state index is 11.7. The Balaban J connectivity index is 1.71. The van der Waals surface area contributed by atoms with Crippen molar-refractivity contribution in [2.75, 3.05) is 18.8 Å². The van der Waals surface area contributed by atoms with Crippen LogP contribution in [-0.2, 0) is 16.3 Å². The van der Waals surface area contributed by atoms with Crippen LogP contribution in [0.1, 0.15) is 25.3 Å². The van der Waals surface area contributed by atoms with Crippen molar-refractivity contribution in [3.05, 3.63) is 35.9 Å². The predicted molar refractivity (Wildman–Crippen MR) is 79.0 cm³/mol. The highest BCUT2D eigenvalue weighted by molar-refractivity contribution is 7.92. The fraction of sp³-hybridized carbons (Fsp3) is 0.600. The van der Waals surface area contributed by atoms with Crippen LogP contribution in [0.4, 0.5) is 0 Å². The number of nitrogens with one attached hydrogen (secondary N) is 1. The zero-order chi connectivity index (χ0) is 13.7. The summed E-state index contributed by atoms with van der Waals surface area (Å²) in [5.74, 6) is 0.894. The topological polar surface area (TPSA) is 46.2 Å². The average Bonchev–Trinajstić information content (AvgIpc) is 2.70. The highest BCUT2D eigenvalue weighted by atomic mass is 32.2. The van der Waals surface area contributed by atoms with E-state index in [4.69, 9.17) is 0 Å². The summed E-state index contributed by atoms with van der Waals surface area (Å²) in [6.07, 6.45) is 2.68. The quantitative estimate of drug-likeness (QED) is 0.868. The van der Waals surface area contributed by atoms with E-state index in [-0.39, 0.29) is 5.25 Å². The first-order valence-corrected chi connectivity index (χ1v) is 8.75. The molecule has 1 heterocycles. The lowest BCUT2D eigenvalue weighted by molar-refractivity contribution is 0.500. The van der Waals surface area contributed by atoms with E-state index in [0.717, 1.165) is 25.8 Å². The smallest absolute Gasteiger partial charge is 0.154 e. The molecule has 0 aromatic heterocycles. The van der Waals surface area contributed by atoms with Crippen molar-refractivity contribution in [3.8, 4) is 0 Å². The minimum atomic E-state index is -2.81. The van der Waals surface area contributed by atoms with E-state index in [9.17, 15) is 8.42 Å². The first kappa shape index (κ1) is 14.5. The maximum Gasteiger partial charge on any atom is 0.154 e. The van der Waals surface area contributed by atoms with Gasteiger partial charge in [0.2, 0.25) is 0 Å². The van der Waals surface area contributed by atoms with Crippen molar-refractivity contribution in [2.45, 2.75) is 31.4 Å². The number of rotatable bonds is 6. The molecule has 0 spiro atoms. The standard InChI is InChI=1S/C15H23NO2S/c1-13(10-14-6-3-2-4-7-14)11-16-12-15-8-5-9-19(15,17)18/h2-4,6-7,13,15-16H,5,8-12H2,1H3. The van der Waals surface area contributed by atoms with Crippen LogP contribution in [-0.4, -0.2) is 32.5 Å². The Morgan fingerprint density at radius 2 is 2.05 bits per heavy atom. The molecule has 3 nitrogen and oxygen atoms in total. The van der Waals surface area contributed by atoms with E-state index < -0.39 is 9.84 Å². The lowest BCUT2D eigenvalue weighted by Crippen LogP contribution is -2.33. The zero-order valence-corrected chi connectivity index (χ0v) is 12.3. The summed E-state index contributed by atoms with van der Waals surface area (Å²) in [6.45, 7) is 3.69. The van der Waals surface area contributed by atoms with Gasteiger partial charge in [0.1, 0.15) is 0 Å². The molecule has 2 rings (SSSR count). The molecule has 1 aliphatic heterocycles. The molecule has 4 heteroatoms. The molecule has 0 saturated carbocycles. The molecule has 0 radical (unpaired) electrons. The molecule has 2 unspecified atom stereocenters. The Hall–Kier alpha value is -0.870. The third-order valence-corrected chi connectivity index (χ3v) is 6.03. The van der Waals surface area contributed by atoms with E-state index in [0.29, 0.717) is 18.2 Å². The largest absolute Gasteiger partial charge is 0.315 e. The van der Waals surface area contributed by atoms with E-state index >= 15 is 0 Å². The fourth-order valence-electron chi connectivity index (χ4n) is 2.67. The summed E-state index contributed by atoms with van der Waals surface area (Å²) in [4.78, 5) is 0. The second-order valence-corrected chi connectivity index (χ2v) is 7.99. The first-order valence-electron chi connectivity index (χ1n) is 7.04. The number of sulfone groups is 1. The van der Waals surface area contributed by atoms with Gasteiger partial charge in [-0.15, -0.1) is 0 Å². The first-order chi connectivity index (χ1) is 9.08. The van der Waals surface area contributed by atoms with Gasteiger partial charge in [0.25, 0.3) is 0 Å². The minimum absolute atomic E-state index is 0.156. The molecule has 2 atom stereocenters. The van der Waals surface area contributed by atoms with Crippen molar-refractivity contribution < 1.29 is 8.42 Å². The van der Waals surface area contributed by atoms with Gasteiger partial charge >= 0.3 is 0 Å². The summed E-state index contributed by atoms with van der Waals surface area (Å²) >= 11 is 0. The minimum Gasteiger partial charge on any atom is -0.315 e. The van der Waals surface area contributed by atoms with Crippen LogP contribution in [0.15, 0.2) is 30.3 Å². The fourth-order valence-corrected chi connectivity index (χ4v) is 4.47. The van der Waals surface area contributed by atoms with E-state index in [1.54, 1.807) is 0 Å². The van der Waals surface area contributed by atoms with Crippen LogP contribution >= 0.6 is 0 Å². The second-order valence-electron chi connectivity index (χ2n) is 5.58. The predicted octanol–water partition coefficient (Wildman–Crippen LogP) is 2.03. The molecule has 0 bridgehead atoms. The third-order valence-electron chi connectivity index (χ3n) is 3.75. The lowest BCUT2D eigenvalue weighted by atomic mass is 10.0. The Morgan fingerprint density at radius 1 is 1.32 bits per heavy atom. The van der Waals surface area contributed by atoms with Gasteiger partial charge in [-0.2, -0.15) is 0 Å². The van der Waals surface area contributed by atoms with Gasteiger partial charge in [-0.05, 0) is 37.3 Å². The summed E-state index contributed by atoms with van der Waals surface area (Å²) < 4.78 is 23.4. The Labute approximate surface area is 116 Å². The Bertz CT molecular complexity index is 484. The highest BCUT2D eigenvalue weighted by Gasteiger charge is 2.30. The molecule has 1 aromatic carbocycles. The molecule has 1 aromatic rings. The molecule has 106 valence electrons. The van der Waals surface area contributed by atoms with Crippen molar-refractivity contribution in [2.24, 2.45) is 5.92 Å². The number of benzene rings is 1. The number of hydrogen-bond donors (Lipinski definition) is 1. The van der Waals surface area contributed by atoms with Gasteiger partial charge in [0, 0.05) is 6.54 Å².